The Balaban J connectivity index is 2.22. The molecule has 0 unspecified atom stereocenters. The van der Waals surface area contributed by atoms with Crippen LogP contribution in [-0.4, -0.2) is 10.8 Å². The summed E-state index contributed by atoms with van der Waals surface area (Å²) >= 11 is 3.37. The van der Waals surface area contributed by atoms with Crippen LogP contribution in [0.25, 0.3) is 0 Å². The van der Waals surface area contributed by atoms with Crippen molar-refractivity contribution in [1.82, 2.24) is 5.32 Å². The molecule has 0 atom stereocenters. The number of nitro benzene ring substituents is 1. The van der Waals surface area contributed by atoms with E-state index in [1.807, 2.05) is 38.1 Å². The Morgan fingerprint density at radius 1 is 1.18 bits per heavy atom. The molecule has 0 radical (unpaired) electrons. The van der Waals surface area contributed by atoms with Gasteiger partial charge in [-0.1, -0.05) is 34.1 Å². The number of benzene rings is 2. The molecule has 0 fully saturated rings. The van der Waals surface area contributed by atoms with E-state index in [1.165, 1.54) is 18.2 Å². The van der Waals surface area contributed by atoms with Gasteiger partial charge >= 0.3 is 0 Å². The third kappa shape index (κ3) is 3.71. The SMILES string of the molecule is CC(C)(NC(=O)c1cccc([N+](=O)[O-])c1)c1ccc(Br)cc1. The molecule has 0 aliphatic heterocycles. The van der Waals surface area contributed by atoms with Gasteiger partial charge in [0.05, 0.1) is 10.5 Å². The van der Waals surface area contributed by atoms with E-state index in [4.69, 9.17) is 0 Å². The van der Waals surface area contributed by atoms with Crippen LogP contribution in [0.3, 0.4) is 0 Å². The molecule has 22 heavy (non-hydrogen) atoms. The molecule has 0 spiro atoms. The number of carbonyl (C=O) groups is 1. The standard InChI is InChI=1S/C16H15BrN2O3/c1-16(2,12-6-8-13(17)9-7-12)18-15(20)11-4-3-5-14(10-11)19(21)22/h3-10H,1-2H3,(H,18,20). The molecule has 5 nitrogen and oxygen atoms in total. The van der Waals surface area contributed by atoms with E-state index >= 15 is 0 Å². The monoisotopic (exact) mass is 362 g/mol. The number of hydrogen-bond donors (Lipinski definition) is 1. The molecule has 0 aliphatic rings. The molecule has 2 rings (SSSR count). The van der Waals surface area contributed by atoms with Gasteiger partial charge in [0, 0.05) is 22.2 Å². The van der Waals surface area contributed by atoms with E-state index in [1.54, 1.807) is 6.07 Å². The lowest BCUT2D eigenvalue weighted by molar-refractivity contribution is -0.384. The number of nitro groups is 1. The van der Waals surface area contributed by atoms with Crippen molar-refractivity contribution in [3.05, 3.63) is 74.2 Å². The number of hydrogen-bond acceptors (Lipinski definition) is 3. The minimum absolute atomic E-state index is 0.103. The largest absolute Gasteiger partial charge is 0.343 e. The van der Waals surface area contributed by atoms with Crippen molar-refractivity contribution >= 4 is 27.5 Å². The second-order valence-electron chi connectivity index (χ2n) is 5.39. The highest BCUT2D eigenvalue weighted by Crippen LogP contribution is 2.23. The van der Waals surface area contributed by atoms with Crippen molar-refractivity contribution in [2.75, 3.05) is 0 Å². The van der Waals surface area contributed by atoms with Crippen LogP contribution in [0.15, 0.2) is 53.0 Å². The van der Waals surface area contributed by atoms with Gasteiger partial charge in [0.1, 0.15) is 0 Å². The molecule has 1 amide bonds. The van der Waals surface area contributed by atoms with Crippen molar-refractivity contribution in [2.45, 2.75) is 19.4 Å². The summed E-state index contributed by atoms with van der Waals surface area (Å²) in [6.45, 7) is 3.76. The number of halogens is 1. The van der Waals surface area contributed by atoms with Gasteiger partial charge in [-0.3, -0.25) is 14.9 Å². The zero-order valence-electron chi connectivity index (χ0n) is 12.2. The molecule has 2 aromatic carbocycles. The van der Waals surface area contributed by atoms with E-state index in [0.717, 1.165) is 10.0 Å². The second-order valence-corrected chi connectivity index (χ2v) is 6.31. The lowest BCUT2D eigenvalue weighted by Crippen LogP contribution is -2.40. The fraction of sp³-hybridized carbons (Fsp3) is 0.188. The summed E-state index contributed by atoms with van der Waals surface area (Å²) in [6, 6.07) is 13.3. The third-order valence-corrected chi connectivity index (χ3v) is 3.84. The topological polar surface area (TPSA) is 72.2 Å². The quantitative estimate of drug-likeness (QED) is 0.659. The van der Waals surface area contributed by atoms with Gasteiger partial charge in [0.15, 0.2) is 0 Å². The van der Waals surface area contributed by atoms with E-state index in [9.17, 15) is 14.9 Å². The number of carbonyl (C=O) groups excluding carboxylic acids is 1. The minimum Gasteiger partial charge on any atom is -0.343 e. The van der Waals surface area contributed by atoms with Crippen molar-refractivity contribution in [1.29, 1.82) is 0 Å². The van der Waals surface area contributed by atoms with Crippen molar-refractivity contribution < 1.29 is 9.72 Å². The van der Waals surface area contributed by atoms with Crippen LogP contribution in [0.1, 0.15) is 29.8 Å². The van der Waals surface area contributed by atoms with Gasteiger partial charge in [-0.2, -0.15) is 0 Å². The van der Waals surface area contributed by atoms with Crippen LogP contribution in [0.2, 0.25) is 0 Å². The Bertz CT molecular complexity index is 712. The fourth-order valence-electron chi connectivity index (χ4n) is 2.06. The molecule has 114 valence electrons. The zero-order chi connectivity index (χ0) is 16.3. The number of amides is 1. The summed E-state index contributed by atoms with van der Waals surface area (Å²) in [4.78, 5) is 22.6. The molecule has 0 aromatic heterocycles. The summed E-state index contributed by atoms with van der Waals surface area (Å²) < 4.78 is 0.956. The Morgan fingerprint density at radius 2 is 1.82 bits per heavy atom. The first-order valence-corrected chi connectivity index (χ1v) is 7.42. The maximum Gasteiger partial charge on any atom is 0.270 e. The van der Waals surface area contributed by atoms with Crippen LogP contribution in [0.5, 0.6) is 0 Å². The Kier molecular flexibility index (Phi) is 4.61. The Hall–Kier alpha value is -2.21. The van der Waals surface area contributed by atoms with Gasteiger partial charge in [0.2, 0.25) is 0 Å². The van der Waals surface area contributed by atoms with Crippen LogP contribution < -0.4 is 5.32 Å². The van der Waals surface area contributed by atoms with Gasteiger partial charge in [-0.15, -0.1) is 0 Å². The first-order valence-electron chi connectivity index (χ1n) is 6.62. The smallest absolute Gasteiger partial charge is 0.270 e. The number of nitrogens with zero attached hydrogens (tertiary/aromatic N) is 1. The first-order chi connectivity index (χ1) is 10.3. The average Bonchev–Trinajstić information content (AvgIpc) is 2.47. The Labute approximate surface area is 136 Å². The van der Waals surface area contributed by atoms with Crippen molar-refractivity contribution in [3.8, 4) is 0 Å². The van der Waals surface area contributed by atoms with Crippen molar-refractivity contribution in [3.63, 3.8) is 0 Å². The summed E-state index contributed by atoms with van der Waals surface area (Å²) in [5.41, 5.74) is 0.505. The highest BCUT2D eigenvalue weighted by molar-refractivity contribution is 9.10. The molecule has 0 heterocycles. The predicted molar refractivity (Wildman–Crippen MR) is 87.7 cm³/mol. The highest BCUT2D eigenvalue weighted by Gasteiger charge is 2.24. The van der Waals surface area contributed by atoms with E-state index in [2.05, 4.69) is 21.2 Å². The first kappa shape index (κ1) is 16.2. The molecule has 6 heteroatoms. The zero-order valence-corrected chi connectivity index (χ0v) is 13.8. The summed E-state index contributed by atoms with van der Waals surface area (Å²) in [5, 5.41) is 13.7. The lowest BCUT2D eigenvalue weighted by atomic mass is 9.94. The molecular formula is C16H15BrN2O3. The maximum atomic E-state index is 12.3. The molecule has 0 bridgehead atoms. The van der Waals surface area contributed by atoms with Gasteiger partial charge < -0.3 is 5.32 Å². The van der Waals surface area contributed by atoms with E-state index in [0.29, 0.717) is 0 Å². The molecular weight excluding hydrogens is 348 g/mol. The normalized spacial score (nSPS) is 11.0. The highest BCUT2D eigenvalue weighted by atomic mass is 79.9. The summed E-state index contributed by atoms with van der Waals surface area (Å²) in [6.07, 6.45) is 0. The lowest BCUT2D eigenvalue weighted by Gasteiger charge is -2.27. The molecule has 0 aliphatic carbocycles. The molecule has 0 saturated heterocycles. The number of nitrogens with one attached hydrogen (secondary N) is 1. The molecule has 1 N–H and O–H groups in total. The van der Waals surface area contributed by atoms with E-state index in [-0.39, 0.29) is 17.2 Å². The summed E-state index contributed by atoms with van der Waals surface area (Å²) in [7, 11) is 0. The average molecular weight is 363 g/mol. The minimum atomic E-state index is -0.595. The van der Waals surface area contributed by atoms with Crippen molar-refractivity contribution in [2.24, 2.45) is 0 Å². The number of non-ortho nitro benzene ring substituents is 1. The molecule has 2 aromatic rings. The van der Waals surface area contributed by atoms with Crippen LogP contribution in [-0.2, 0) is 5.54 Å². The van der Waals surface area contributed by atoms with Crippen LogP contribution >= 0.6 is 15.9 Å². The molecule has 0 saturated carbocycles. The van der Waals surface area contributed by atoms with Gasteiger partial charge in [-0.25, -0.2) is 0 Å². The predicted octanol–water partition coefficient (Wildman–Crippen LogP) is 4.02. The maximum absolute atomic E-state index is 12.3. The summed E-state index contributed by atoms with van der Waals surface area (Å²) in [5.74, 6) is -0.350. The second kappa shape index (κ2) is 6.27. The fourth-order valence-corrected chi connectivity index (χ4v) is 2.32. The van der Waals surface area contributed by atoms with E-state index < -0.39 is 10.5 Å². The van der Waals surface area contributed by atoms with Crippen LogP contribution in [0.4, 0.5) is 5.69 Å². The Morgan fingerprint density at radius 3 is 2.41 bits per heavy atom. The number of rotatable bonds is 4. The van der Waals surface area contributed by atoms with Crippen LogP contribution in [0, 0.1) is 10.1 Å². The third-order valence-electron chi connectivity index (χ3n) is 3.31. The van der Waals surface area contributed by atoms with Gasteiger partial charge in [-0.05, 0) is 37.6 Å². The van der Waals surface area contributed by atoms with Gasteiger partial charge in [0.25, 0.3) is 11.6 Å².